The predicted molar refractivity (Wildman–Crippen MR) is 73.0 cm³/mol. The van der Waals surface area contributed by atoms with Crippen LogP contribution >= 0.6 is 31.9 Å². The lowest BCUT2D eigenvalue weighted by Gasteiger charge is -2.18. The summed E-state index contributed by atoms with van der Waals surface area (Å²) in [4.78, 5) is 0. The Morgan fingerprint density at radius 3 is 2.81 bits per heavy atom. The fourth-order valence-electron chi connectivity index (χ4n) is 1.54. The topological polar surface area (TPSA) is 47.3 Å². The fraction of sp³-hybridized carbons (Fsp3) is 0.455. The quantitative estimate of drug-likeness (QED) is 0.470. The van der Waals surface area contributed by atoms with Crippen molar-refractivity contribution in [3.63, 3.8) is 0 Å². The Morgan fingerprint density at radius 1 is 1.44 bits per heavy atom. The Kier molecular flexibility index (Phi) is 6.53. The van der Waals surface area contributed by atoms with Gasteiger partial charge in [-0.15, -0.1) is 0 Å². The monoisotopic (exact) mass is 350 g/mol. The number of hydrazine groups is 1. The normalized spacial score (nSPS) is 12.8. The summed E-state index contributed by atoms with van der Waals surface area (Å²) in [6.07, 6.45) is 1.92. The van der Waals surface area contributed by atoms with Gasteiger partial charge in [-0.3, -0.25) is 11.3 Å². The van der Waals surface area contributed by atoms with Crippen molar-refractivity contribution in [3.05, 3.63) is 32.7 Å². The minimum atomic E-state index is 0.141. The largest absolute Gasteiger partial charge is 0.385 e. The maximum absolute atomic E-state index is 5.58. The van der Waals surface area contributed by atoms with E-state index in [1.54, 1.807) is 7.11 Å². The van der Waals surface area contributed by atoms with Crippen molar-refractivity contribution in [2.45, 2.75) is 18.9 Å². The molecule has 0 saturated carbocycles. The van der Waals surface area contributed by atoms with Gasteiger partial charge in [-0.1, -0.05) is 31.9 Å². The molecule has 16 heavy (non-hydrogen) atoms. The maximum atomic E-state index is 5.58. The average Bonchev–Trinajstić information content (AvgIpc) is 2.28. The molecule has 0 saturated heterocycles. The molecule has 0 fully saturated rings. The third-order valence-corrected chi connectivity index (χ3v) is 3.59. The SMILES string of the molecule is COCCCC(NN)c1cc(Br)ccc1Br. The van der Waals surface area contributed by atoms with E-state index in [0.717, 1.165) is 34.0 Å². The standard InChI is InChI=1S/C11H16Br2N2O/c1-16-6-2-3-11(15-14)9-7-8(12)4-5-10(9)13/h4-5,7,11,15H,2-3,6,14H2,1H3. The number of hydrogen-bond donors (Lipinski definition) is 2. The second kappa shape index (κ2) is 7.40. The Balaban J connectivity index is 2.73. The molecule has 1 unspecified atom stereocenters. The van der Waals surface area contributed by atoms with Crippen LogP contribution in [0, 0.1) is 0 Å². The minimum absolute atomic E-state index is 0.141. The van der Waals surface area contributed by atoms with Crippen molar-refractivity contribution in [1.82, 2.24) is 5.43 Å². The highest BCUT2D eigenvalue weighted by Gasteiger charge is 2.12. The van der Waals surface area contributed by atoms with Crippen LogP contribution in [-0.2, 0) is 4.74 Å². The number of nitrogens with two attached hydrogens (primary N) is 1. The van der Waals surface area contributed by atoms with E-state index in [9.17, 15) is 0 Å². The van der Waals surface area contributed by atoms with E-state index in [0.29, 0.717) is 0 Å². The van der Waals surface area contributed by atoms with Crippen LogP contribution in [-0.4, -0.2) is 13.7 Å². The number of nitrogens with one attached hydrogen (secondary N) is 1. The molecule has 3 nitrogen and oxygen atoms in total. The molecular formula is C11H16Br2N2O. The van der Waals surface area contributed by atoms with E-state index in [2.05, 4.69) is 43.4 Å². The second-order valence-corrected chi connectivity index (χ2v) is 5.29. The first-order valence-electron chi connectivity index (χ1n) is 5.09. The Morgan fingerprint density at radius 2 is 2.19 bits per heavy atom. The third-order valence-electron chi connectivity index (χ3n) is 2.38. The lowest BCUT2D eigenvalue weighted by atomic mass is 10.0. The van der Waals surface area contributed by atoms with Crippen LogP contribution < -0.4 is 11.3 Å². The lowest BCUT2D eigenvalue weighted by Crippen LogP contribution is -2.28. The van der Waals surface area contributed by atoms with Gasteiger partial charge < -0.3 is 4.74 Å². The molecule has 0 radical (unpaired) electrons. The number of ether oxygens (including phenoxy) is 1. The summed E-state index contributed by atoms with van der Waals surface area (Å²) >= 11 is 6.99. The van der Waals surface area contributed by atoms with Crippen molar-refractivity contribution in [2.24, 2.45) is 5.84 Å². The van der Waals surface area contributed by atoms with Crippen LogP contribution in [0.25, 0.3) is 0 Å². The molecule has 0 aromatic heterocycles. The molecule has 0 bridgehead atoms. The van der Waals surface area contributed by atoms with Crippen LogP contribution in [0.4, 0.5) is 0 Å². The van der Waals surface area contributed by atoms with E-state index >= 15 is 0 Å². The van der Waals surface area contributed by atoms with Crippen molar-refractivity contribution in [3.8, 4) is 0 Å². The highest BCUT2D eigenvalue weighted by Crippen LogP contribution is 2.28. The van der Waals surface area contributed by atoms with Crippen molar-refractivity contribution in [1.29, 1.82) is 0 Å². The van der Waals surface area contributed by atoms with Gasteiger partial charge in [-0.05, 0) is 36.6 Å². The van der Waals surface area contributed by atoms with Crippen molar-refractivity contribution >= 4 is 31.9 Å². The van der Waals surface area contributed by atoms with Crippen molar-refractivity contribution < 1.29 is 4.74 Å². The molecule has 1 aromatic rings. The van der Waals surface area contributed by atoms with E-state index in [4.69, 9.17) is 10.6 Å². The number of rotatable bonds is 6. The zero-order valence-electron chi connectivity index (χ0n) is 9.17. The molecule has 1 rings (SSSR count). The second-order valence-electron chi connectivity index (χ2n) is 3.52. The highest BCUT2D eigenvalue weighted by atomic mass is 79.9. The summed E-state index contributed by atoms with van der Waals surface area (Å²) in [5.41, 5.74) is 4.00. The van der Waals surface area contributed by atoms with Crippen LogP contribution in [0.5, 0.6) is 0 Å². The van der Waals surface area contributed by atoms with Gasteiger partial charge in [0, 0.05) is 28.7 Å². The minimum Gasteiger partial charge on any atom is -0.385 e. The summed E-state index contributed by atoms with van der Waals surface area (Å²) < 4.78 is 7.16. The molecule has 5 heteroatoms. The van der Waals surface area contributed by atoms with E-state index < -0.39 is 0 Å². The van der Waals surface area contributed by atoms with E-state index in [1.807, 2.05) is 12.1 Å². The van der Waals surface area contributed by atoms with Gasteiger partial charge in [-0.25, -0.2) is 0 Å². The number of halogens is 2. The highest BCUT2D eigenvalue weighted by molar-refractivity contribution is 9.11. The molecule has 0 aliphatic heterocycles. The van der Waals surface area contributed by atoms with Gasteiger partial charge in [0.05, 0.1) is 0 Å². The van der Waals surface area contributed by atoms with Crippen LogP contribution in [0.3, 0.4) is 0 Å². The fourth-order valence-corrected chi connectivity index (χ4v) is 2.44. The lowest BCUT2D eigenvalue weighted by molar-refractivity contribution is 0.188. The van der Waals surface area contributed by atoms with Gasteiger partial charge in [0.25, 0.3) is 0 Å². The first-order chi connectivity index (χ1) is 7.69. The molecule has 1 atom stereocenters. The van der Waals surface area contributed by atoms with Gasteiger partial charge >= 0.3 is 0 Å². The number of benzene rings is 1. The van der Waals surface area contributed by atoms with Crippen LogP contribution in [0.1, 0.15) is 24.4 Å². The van der Waals surface area contributed by atoms with E-state index in [-0.39, 0.29) is 6.04 Å². The molecule has 3 N–H and O–H groups in total. The maximum Gasteiger partial charge on any atom is 0.0472 e. The molecule has 0 heterocycles. The summed E-state index contributed by atoms with van der Waals surface area (Å²) in [6.45, 7) is 0.754. The van der Waals surface area contributed by atoms with Gasteiger partial charge in [0.1, 0.15) is 0 Å². The zero-order valence-corrected chi connectivity index (χ0v) is 12.3. The van der Waals surface area contributed by atoms with Crippen molar-refractivity contribution in [2.75, 3.05) is 13.7 Å². The summed E-state index contributed by atoms with van der Waals surface area (Å²) in [5.74, 6) is 5.58. The third kappa shape index (κ3) is 4.14. The van der Waals surface area contributed by atoms with Gasteiger partial charge in [0.2, 0.25) is 0 Å². The Hall–Kier alpha value is 0.0600. The predicted octanol–water partition coefficient (Wildman–Crippen LogP) is 3.14. The molecule has 0 amide bonds. The Labute approximate surface area is 113 Å². The molecular weight excluding hydrogens is 336 g/mol. The molecule has 0 spiro atoms. The number of hydrogen-bond acceptors (Lipinski definition) is 3. The summed E-state index contributed by atoms with van der Waals surface area (Å²) in [7, 11) is 1.71. The van der Waals surface area contributed by atoms with E-state index in [1.165, 1.54) is 0 Å². The average molecular weight is 352 g/mol. The van der Waals surface area contributed by atoms with Gasteiger partial charge in [0.15, 0.2) is 0 Å². The zero-order chi connectivity index (χ0) is 12.0. The number of methoxy groups -OCH3 is 1. The molecule has 0 aliphatic rings. The Bertz CT molecular complexity index is 334. The molecule has 90 valence electrons. The van der Waals surface area contributed by atoms with Crippen LogP contribution in [0.15, 0.2) is 27.1 Å². The first kappa shape index (κ1) is 14.1. The first-order valence-corrected chi connectivity index (χ1v) is 6.67. The van der Waals surface area contributed by atoms with Crippen LogP contribution in [0.2, 0.25) is 0 Å². The summed E-state index contributed by atoms with van der Waals surface area (Å²) in [5, 5.41) is 0. The summed E-state index contributed by atoms with van der Waals surface area (Å²) in [6, 6.07) is 6.22. The smallest absolute Gasteiger partial charge is 0.0472 e. The molecule has 1 aromatic carbocycles. The molecule has 0 aliphatic carbocycles. The van der Waals surface area contributed by atoms with Gasteiger partial charge in [-0.2, -0.15) is 0 Å².